The minimum atomic E-state index is -0.252. The fourth-order valence-corrected chi connectivity index (χ4v) is 2.90. The van der Waals surface area contributed by atoms with E-state index in [9.17, 15) is 9.59 Å². The second-order valence-corrected chi connectivity index (χ2v) is 5.98. The minimum absolute atomic E-state index is 0.0175. The molecule has 0 aliphatic carbocycles. The standard InChI is InChI=1S/C20H21N3O5/c1-26-17-9-19(28-3)18(27-2)8-13(17)10-21-20(25)12-23-15-7-5-4-6-14(15)16(24)11-22-23/h4-9,11H,10,12H2,1-3H3,(H,21,25). The summed E-state index contributed by atoms with van der Waals surface area (Å²) in [6.07, 6.45) is 1.22. The van der Waals surface area contributed by atoms with E-state index in [1.165, 1.54) is 10.9 Å². The molecule has 0 saturated heterocycles. The zero-order valence-electron chi connectivity index (χ0n) is 15.9. The molecule has 1 amide bonds. The number of para-hydroxylation sites is 1. The number of rotatable bonds is 7. The van der Waals surface area contributed by atoms with E-state index < -0.39 is 0 Å². The number of ether oxygens (including phenoxy) is 3. The van der Waals surface area contributed by atoms with Gasteiger partial charge in [0.25, 0.3) is 0 Å². The van der Waals surface area contributed by atoms with Gasteiger partial charge in [-0.1, -0.05) is 12.1 Å². The molecule has 0 aliphatic heterocycles. The smallest absolute Gasteiger partial charge is 0.242 e. The summed E-state index contributed by atoms with van der Waals surface area (Å²) in [6, 6.07) is 10.5. The summed E-state index contributed by atoms with van der Waals surface area (Å²) < 4.78 is 17.4. The fraction of sp³-hybridized carbons (Fsp3) is 0.250. The minimum Gasteiger partial charge on any atom is -0.496 e. The first-order chi connectivity index (χ1) is 13.6. The monoisotopic (exact) mass is 383 g/mol. The van der Waals surface area contributed by atoms with Crippen LogP contribution in [0.2, 0.25) is 0 Å². The SMILES string of the molecule is COc1cc(OC)c(OC)cc1CNC(=O)Cn1ncc(=O)c2ccccc21. The molecule has 146 valence electrons. The summed E-state index contributed by atoms with van der Waals surface area (Å²) >= 11 is 0. The number of aromatic nitrogens is 2. The number of hydrogen-bond acceptors (Lipinski definition) is 6. The van der Waals surface area contributed by atoms with E-state index in [1.807, 2.05) is 0 Å². The topological polar surface area (TPSA) is 91.7 Å². The Morgan fingerprint density at radius 2 is 1.71 bits per heavy atom. The lowest BCUT2D eigenvalue weighted by molar-refractivity contribution is -0.121. The average Bonchev–Trinajstić information content (AvgIpc) is 2.73. The Morgan fingerprint density at radius 3 is 2.43 bits per heavy atom. The normalized spacial score (nSPS) is 10.5. The molecule has 28 heavy (non-hydrogen) atoms. The lowest BCUT2D eigenvalue weighted by Gasteiger charge is -2.15. The highest BCUT2D eigenvalue weighted by Crippen LogP contribution is 2.34. The molecule has 8 nitrogen and oxygen atoms in total. The quantitative estimate of drug-likeness (QED) is 0.668. The molecule has 0 fully saturated rings. The van der Waals surface area contributed by atoms with Crippen molar-refractivity contribution in [2.24, 2.45) is 0 Å². The second-order valence-electron chi connectivity index (χ2n) is 5.98. The van der Waals surface area contributed by atoms with Crippen LogP contribution in [-0.2, 0) is 17.9 Å². The van der Waals surface area contributed by atoms with E-state index in [4.69, 9.17) is 14.2 Å². The summed E-state index contributed by atoms with van der Waals surface area (Å²) in [5.41, 5.74) is 1.17. The maximum Gasteiger partial charge on any atom is 0.242 e. The highest BCUT2D eigenvalue weighted by atomic mass is 16.5. The number of amides is 1. The molecule has 2 aromatic carbocycles. The summed E-state index contributed by atoms with van der Waals surface area (Å²) in [6.45, 7) is 0.219. The zero-order valence-corrected chi connectivity index (χ0v) is 15.9. The van der Waals surface area contributed by atoms with Crippen molar-refractivity contribution in [2.45, 2.75) is 13.1 Å². The van der Waals surface area contributed by atoms with Crippen LogP contribution in [0.1, 0.15) is 5.56 Å². The summed E-state index contributed by atoms with van der Waals surface area (Å²) in [5, 5.41) is 7.42. The van der Waals surface area contributed by atoms with Gasteiger partial charge in [0, 0.05) is 23.6 Å². The molecule has 3 aromatic rings. The van der Waals surface area contributed by atoms with Gasteiger partial charge in [-0.2, -0.15) is 5.10 Å². The zero-order chi connectivity index (χ0) is 20.1. The number of methoxy groups -OCH3 is 3. The molecular weight excluding hydrogens is 362 g/mol. The molecule has 1 N–H and O–H groups in total. The van der Waals surface area contributed by atoms with E-state index in [0.717, 1.165) is 5.56 Å². The predicted octanol–water partition coefficient (Wildman–Crippen LogP) is 1.74. The first kappa shape index (κ1) is 19.2. The highest BCUT2D eigenvalue weighted by Gasteiger charge is 2.13. The predicted molar refractivity (Wildman–Crippen MR) is 104 cm³/mol. The van der Waals surface area contributed by atoms with E-state index in [1.54, 1.807) is 57.7 Å². The van der Waals surface area contributed by atoms with Crippen molar-refractivity contribution in [1.82, 2.24) is 15.1 Å². The van der Waals surface area contributed by atoms with Gasteiger partial charge in [-0.05, 0) is 18.2 Å². The van der Waals surface area contributed by atoms with Crippen molar-refractivity contribution in [2.75, 3.05) is 21.3 Å². The van der Waals surface area contributed by atoms with Crippen LogP contribution in [0.25, 0.3) is 10.9 Å². The molecule has 0 spiro atoms. The molecule has 1 aromatic heterocycles. The van der Waals surface area contributed by atoms with E-state index in [2.05, 4.69) is 10.4 Å². The molecule has 1 heterocycles. The largest absolute Gasteiger partial charge is 0.496 e. The summed E-state index contributed by atoms with van der Waals surface area (Å²) in [4.78, 5) is 24.3. The van der Waals surface area contributed by atoms with Crippen LogP contribution in [0, 0.1) is 0 Å². The third kappa shape index (κ3) is 3.90. The molecule has 0 aliphatic rings. The van der Waals surface area contributed by atoms with Gasteiger partial charge in [-0.25, -0.2) is 0 Å². The van der Waals surface area contributed by atoms with Crippen molar-refractivity contribution in [3.8, 4) is 17.2 Å². The van der Waals surface area contributed by atoms with Gasteiger partial charge in [0.15, 0.2) is 11.5 Å². The number of carbonyl (C=O) groups is 1. The molecule has 0 saturated carbocycles. The molecule has 3 rings (SSSR count). The van der Waals surface area contributed by atoms with Crippen LogP contribution < -0.4 is 25.0 Å². The number of fused-ring (bicyclic) bond motifs is 1. The van der Waals surface area contributed by atoms with Crippen LogP contribution >= 0.6 is 0 Å². The van der Waals surface area contributed by atoms with Gasteiger partial charge in [0.2, 0.25) is 11.3 Å². The Balaban J connectivity index is 1.77. The Hall–Kier alpha value is -3.55. The van der Waals surface area contributed by atoms with Crippen LogP contribution in [-0.4, -0.2) is 37.0 Å². The first-order valence-electron chi connectivity index (χ1n) is 8.57. The van der Waals surface area contributed by atoms with Crippen LogP contribution in [0.4, 0.5) is 0 Å². The van der Waals surface area contributed by atoms with Gasteiger partial charge < -0.3 is 19.5 Å². The summed E-state index contributed by atoms with van der Waals surface area (Å²) in [5.74, 6) is 1.40. The van der Waals surface area contributed by atoms with E-state index >= 15 is 0 Å². The van der Waals surface area contributed by atoms with Gasteiger partial charge in [0.1, 0.15) is 12.3 Å². The first-order valence-corrected chi connectivity index (χ1v) is 8.57. The molecule has 0 unspecified atom stereocenters. The lowest BCUT2D eigenvalue weighted by atomic mass is 10.1. The lowest BCUT2D eigenvalue weighted by Crippen LogP contribution is -2.29. The van der Waals surface area contributed by atoms with Gasteiger partial charge >= 0.3 is 0 Å². The van der Waals surface area contributed by atoms with Crippen LogP contribution in [0.5, 0.6) is 17.2 Å². The fourth-order valence-electron chi connectivity index (χ4n) is 2.90. The number of benzene rings is 2. The van der Waals surface area contributed by atoms with Crippen molar-refractivity contribution in [3.63, 3.8) is 0 Å². The van der Waals surface area contributed by atoms with Crippen molar-refractivity contribution < 1.29 is 19.0 Å². The average molecular weight is 383 g/mol. The Bertz CT molecular complexity index is 1060. The third-order valence-electron chi connectivity index (χ3n) is 4.32. The van der Waals surface area contributed by atoms with E-state index in [-0.39, 0.29) is 24.4 Å². The molecule has 8 heteroatoms. The van der Waals surface area contributed by atoms with Crippen molar-refractivity contribution in [3.05, 3.63) is 58.4 Å². The Morgan fingerprint density at radius 1 is 1.04 bits per heavy atom. The molecular formula is C20H21N3O5. The highest BCUT2D eigenvalue weighted by molar-refractivity contribution is 5.81. The number of hydrogen-bond donors (Lipinski definition) is 1. The molecule has 0 radical (unpaired) electrons. The molecule has 0 bridgehead atoms. The number of nitrogens with zero attached hydrogens (tertiary/aromatic N) is 2. The Kier molecular flexibility index (Phi) is 5.78. The van der Waals surface area contributed by atoms with Gasteiger partial charge in [-0.3, -0.25) is 14.3 Å². The summed E-state index contributed by atoms with van der Waals surface area (Å²) in [7, 11) is 4.63. The maximum atomic E-state index is 12.4. The van der Waals surface area contributed by atoms with Gasteiger partial charge in [0.05, 0.1) is 33.0 Å². The number of carbonyl (C=O) groups excluding carboxylic acids is 1. The second kappa shape index (κ2) is 8.43. The van der Waals surface area contributed by atoms with Crippen LogP contribution in [0.3, 0.4) is 0 Å². The van der Waals surface area contributed by atoms with E-state index in [0.29, 0.717) is 28.2 Å². The van der Waals surface area contributed by atoms with Gasteiger partial charge in [-0.15, -0.1) is 0 Å². The van der Waals surface area contributed by atoms with Crippen molar-refractivity contribution >= 4 is 16.8 Å². The Labute approximate surface area is 161 Å². The van der Waals surface area contributed by atoms with Crippen molar-refractivity contribution in [1.29, 1.82) is 0 Å². The maximum absolute atomic E-state index is 12.4. The number of nitrogens with one attached hydrogen (secondary N) is 1. The molecule has 0 atom stereocenters. The van der Waals surface area contributed by atoms with Crippen LogP contribution in [0.15, 0.2) is 47.4 Å². The third-order valence-corrected chi connectivity index (χ3v) is 4.32.